The fraction of sp³-hybridized carbons (Fsp3) is 0.227. The number of ether oxygens (including phenoxy) is 1. The van der Waals surface area contributed by atoms with E-state index in [9.17, 15) is 4.79 Å². The molecule has 1 aliphatic heterocycles. The zero-order valence-electron chi connectivity index (χ0n) is 17.0. The summed E-state index contributed by atoms with van der Waals surface area (Å²) in [6, 6.07) is 12.9. The summed E-state index contributed by atoms with van der Waals surface area (Å²) in [5.74, 6) is 0.398. The van der Waals surface area contributed by atoms with E-state index < -0.39 is 5.79 Å². The van der Waals surface area contributed by atoms with E-state index in [0.717, 1.165) is 22.7 Å². The van der Waals surface area contributed by atoms with Gasteiger partial charge in [0.05, 0.1) is 25.5 Å². The van der Waals surface area contributed by atoms with Gasteiger partial charge in [0, 0.05) is 11.9 Å². The number of benzene rings is 1. The Hall–Kier alpha value is -3.81. The lowest BCUT2D eigenvalue weighted by atomic mass is 10.1. The minimum absolute atomic E-state index is 0.183. The number of allylic oxidation sites excluding steroid dienone is 1. The molecule has 8 nitrogen and oxygen atoms in total. The molecule has 1 amide bonds. The number of nitrogens with zero attached hydrogens (tertiary/aromatic N) is 3. The van der Waals surface area contributed by atoms with Crippen LogP contribution in [0, 0.1) is 13.8 Å². The summed E-state index contributed by atoms with van der Waals surface area (Å²) in [7, 11) is 1.61. The Morgan fingerprint density at radius 3 is 2.70 bits per heavy atom. The van der Waals surface area contributed by atoms with Gasteiger partial charge in [0.15, 0.2) is 5.76 Å². The highest BCUT2D eigenvalue weighted by atomic mass is 16.5. The van der Waals surface area contributed by atoms with Gasteiger partial charge in [-0.15, -0.1) is 0 Å². The van der Waals surface area contributed by atoms with Crippen molar-refractivity contribution in [2.24, 2.45) is 4.99 Å². The van der Waals surface area contributed by atoms with E-state index in [1.807, 2.05) is 44.2 Å². The minimum Gasteiger partial charge on any atom is -0.497 e. The molecule has 0 bridgehead atoms. The van der Waals surface area contributed by atoms with E-state index >= 15 is 0 Å². The van der Waals surface area contributed by atoms with Gasteiger partial charge >= 0.3 is 0 Å². The van der Waals surface area contributed by atoms with Crippen LogP contribution in [0.2, 0.25) is 0 Å². The summed E-state index contributed by atoms with van der Waals surface area (Å²) >= 11 is 0. The Morgan fingerprint density at radius 1 is 1.27 bits per heavy atom. The molecule has 0 saturated carbocycles. The molecule has 0 aliphatic carbocycles. The maximum absolute atomic E-state index is 12.9. The maximum Gasteiger partial charge on any atom is 0.269 e. The molecule has 154 valence electrons. The lowest BCUT2D eigenvalue weighted by molar-refractivity contribution is -0.123. The molecule has 8 heteroatoms. The summed E-state index contributed by atoms with van der Waals surface area (Å²) < 4.78 is 12.6. The molecule has 0 fully saturated rings. The predicted molar refractivity (Wildman–Crippen MR) is 113 cm³/mol. The minimum atomic E-state index is -1.27. The number of aromatic nitrogens is 2. The Labute approximate surface area is 174 Å². The third-order valence-electron chi connectivity index (χ3n) is 4.77. The van der Waals surface area contributed by atoms with Crippen molar-refractivity contribution in [3.8, 4) is 5.75 Å². The number of hydrogen-bond donors (Lipinski definition) is 2. The first-order chi connectivity index (χ1) is 14.5. The molecule has 1 unspecified atom stereocenters. The van der Waals surface area contributed by atoms with Crippen molar-refractivity contribution in [3.05, 3.63) is 77.5 Å². The van der Waals surface area contributed by atoms with Gasteiger partial charge in [0.2, 0.25) is 5.91 Å². The van der Waals surface area contributed by atoms with Crippen molar-refractivity contribution in [3.63, 3.8) is 0 Å². The Morgan fingerprint density at radius 2 is 2.07 bits per heavy atom. The van der Waals surface area contributed by atoms with E-state index in [0.29, 0.717) is 11.6 Å². The molecule has 30 heavy (non-hydrogen) atoms. The molecular formula is C22H23N5O3. The highest BCUT2D eigenvalue weighted by molar-refractivity contribution is 5.84. The average Bonchev–Trinajstić information content (AvgIpc) is 3.39. The quantitative estimate of drug-likeness (QED) is 0.658. The van der Waals surface area contributed by atoms with Crippen LogP contribution in [0.25, 0.3) is 5.82 Å². The Bertz CT molecular complexity index is 1100. The molecule has 0 spiro atoms. The molecule has 3 aromatic rings. The lowest BCUT2D eigenvalue weighted by Crippen LogP contribution is -2.56. The maximum atomic E-state index is 12.9. The van der Waals surface area contributed by atoms with Crippen LogP contribution in [0.1, 0.15) is 22.7 Å². The zero-order chi connectivity index (χ0) is 21.1. The second-order valence-corrected chi connectivity index (χ2v) is 7.05. The SMILES string of the molecule is COc1ccc(CC(=O)NC2(c3ccco3)N=CC=C(n3nc(C)cc3C)N2)cc1. The van der Waals surface area contributed by atoms with Crippen molar-refractivity contribution < 1.29 is 13.9 Å². The number of amides is 1. The number of aryl methyl sites for hydroxylation is 2. The molecule has 1 aromatic carbocycles. The fourth-order valence-electron chi connectivity index (χ4n) is 3.38. The van der Waals surface area contributed by atoms with Gasteiger partial charge in [0.1, 0.15) is 11.6 Å². The van der Waals surface area contributed by atoms with Gasteiger partial charge in [-0.05, 0) is 55.8 Å². The first kappa shape index (κ1) is 19.5. The van der Waals surface area contributed by atoms with Crippen LogP contribution in [-0.4, -0.2) is 29.0 Å². The topological polar surface area (TPSA) is 93.7 Å². The van der Waals surface area contributed by atoms with Crippen LogP contribution in [0.3, 0.4) is 0 Å². The second-order valence-electron chi connectivity index (χ2n) is 7.05. The van der Waals surface area contributed by atoms with Crippen molar-refractivity contribution in [1.82, 2.24) is 20.4 Å². The van der Waals surface area contributed by atoms with Crippen molar-refractivity contribution in [1.29, 1.82) is 0 Å². The standard InChI is InChI=1S/C22H23N5O3/c1-15-13-16(2)27(26-15)20-10-11-23-22(24-20,19-5-4-12-30-19)25-21(28)14-17-6-8-18(29-3)9-7-17/h4-13,24H,14H2,1-3H3,(H,25,28). The summed E-state index contributed by atoms with van der Waals surface area (Å²) in [6.07, 6.45) is 5.17. The van der Waals surface area contributed by atoms with Gasteiger partial charge in [-0.1, -0.05) is 12.1 Å². The monoisotopic (exact) mass is 405 g/mol. The summed E-state index contributed by atoms with van der Waals surface area (Å²) in [4.78, 5) is 17.4. The molecule has 0 radical (unpaired) electrons. The summed E-state index contributed by atoms with van der Waals surface area (Å²) in [5.41, 5.74) is 2.71. The number of nitrogens with one attached hydrogen (secondary N) is 2. The van der Waals surface area contributed by atoms with Crippen LogP contribution in [-0.2, 0) is 17.0 Å². The zero-order valence-corrected chi connectivity index (χ0v) is 17.0. The molecule has 0 saturated heterocycles. The van der Waals surface area contributed by atoms with Crippen LogP contribution >= 0.6 is 0 Å². The van der Waals surface area contributed by atoms with Gasteiger partial charge in [-0.2, -0.15) is 5.10 Å². The highest BCUT2D eigenvalue weighted by Crippen LogP contribution is 2.26. The molecule has 2 aromatic heterocycles. The third-order valence-corrected chi connectivity index (χ3v) is 4.77. The van der Waals surface area contributed by atoms with Crippen LogP contribution in [0.5, 0.6) is 5.75 Å². The Kier molecular flexibility index (Phi) is 5.14. The van der Waals surface area contributed by atoms with Crippen molar-refractivity contribution in [2.45, 2.75) is 26.1 Å². The van der Waals surface area contributed by atoms with Crippen molar-refractivity contribution in [2.75, 3.05) is 7.11 Å². The molecule has 1 aliphatic rings. The van der Waals surface area contributed by atoms with Gasteiger partial charge < -0.3 is 19.8 Å². The molecule has 1 atom stereocenters. The van der Waals surface area contributed by atoms with Crippen LogP contribution in [0.4, 0.5) is 0 Å². The van der Waals surface area contributed by atoms with E-state index in [-0.39, 0.29) is 12.3 Å². The number of methoxy groups -OCH3 is 1. The predicted octanol–water partition coefficient (Wildman–Crippen LogP) is 2.74. The average molecular weight is 405 g/mol. The van der Waals surface area contributed by atoms with E-state index in [4.69, 9.17) is 9.15 Å². The third kappa shape index (κ3) is 3.84. The van der Waals surface area contributed by atoms with Gasteiger partial charge in [-0.25, -0.2) is 9.67 Å². The number of aliphatic imine (C=N–C) groups is 1. The normalized spacial score (nSPS) is 17.9. The van der Waals surface area contributed by atoms with Crippen molar-refractivity contribution >= 4 is 17.9 Å². The second kappa shape index (κ2) is 7.90. The number of rotatable bonds is 6. The van der Waals surface area contributed by atoms with Gasteiger partial charge in [0.25, 0.3) is 5.79 Å². The van der Waals surface area contributed by atoms with Gasteiger partial charge in [-0.3, -0.25) is 4.79 Å². The van der Waals surface area contributed by atoms with Crippen LogP contribution < -0.4 is 15.4 Å². The highest BCUT2D eigenvalue weighted by Gasteiger charge is 2.38. The molecule has 3 heterocycles. The van der Waals surface area contributed by atoms with Crippen LogP contribution in [0.15, 0.2) is 64.2 Å². The molecule has 4 rings (SSSR count). The smallest absolute Gasteiger partial charge is 0.269 e. The Balaban J connectivity index is 1.59. The summed E-state index contributed by atoms with van der Waals surface area (Å²) in [5, 5.41) is 10.8. The number of hydrogen-bond acceptors (Lipinski definition) is 6. The van der Waals surface area contributed by atoms with E-state index in [2.05, 4.69) is 20.7 Å². The largest absolute Gasteiger partial charge is 0.497 e. The first-order valence-electron chi connectivity index (χ1n) is 9.54. The van der Waals surface area contributed by atoms with E-state index in [1.165, 1.54) is 0 Å². The van der Waals surface area contributed by atoms with E-state index in [1.54, 1.807) is 42.5 Å². The number of carbonyl (C=O) groups excluding carboxylic acids is 1. The number of carbonyl (C=O) groups is 1. The molecular weight excluding hydrogens is 382 g/mol. The molecule has 2 N–H and O–H groups in total. The summed E-state index contributed by atoms with van der Waals surface area (Å²) in [6.45, 7) is 3.89. The lowest BCUT2D eigenvalue weighted by Gasteiger charge is -2.33. The number of furan rings is 1. The fourth-order valence-corrected chi connectivity index (χ4v) is 3.38. The first-order valence-corrected chi connectivity index (χ1v) is 9.54.